The molecule has 3 nitrogen and oxygen atoms in total. The first kappa shape index (κ1) is 17.4. The van der Waals surface area contributed by atoms with Crippen LogP contribution in [0.15, 0.2) is 47.4 Å². The Kier molecular flexibility index (Phi) is 5.21. The van der Waals surface area contributed by atoms with Gasteiger partial charge < -0.3 is 4.74 Å². The number of anilines is 1. The topological polar surface area (TPSA) is 29.5 Å². The van der Waals surface area contributed by atoms with Crippen LogP contribution < -0.4 is 9.64 Å². The molecule has 0 unspecified atom stereocenters. The maximum Gasteiger partial charge on any atom is 0.270 e. The molecule has 1 saturated heterocycles. The molecule has 0 aromatic heterocycles. The summed E-state index contributed by atoms with van der Waals surface area (Å²) in [6, 6.07) is 11.5. The van der Waals surface area contributed by atoms with E-state index in [1.165, 1.54) is 28.8 Å². The summed E-state index contributed by atoms with van der Waals surface area (Å²) >= 11 is 8.67. The fraction of sp³-hybridized carbons (Fsp3) is 0.0588. The van der Waals surface area contributed by atoms with Crippen molar-refractivity contribution in [3.05, 3.63) is 62.3 Å². The van der Waals surface area contributed by atoms with Gasteiger partial charge in [0.05, 0.1) is 21.3 Å². The molecule has 1 aliphatic rings. The molecular formula is C17H11FINO2S2. The zero-order valence-corrected chi connectivity index (χ0v) is 16.2. The zero-order chi connectivity index (χ0) is 17.3. The van der Waals surface area contributed by atoms with E-state index in [1.807, 2.05) is 18.2 Å². The van der Waals surface area contributed by atoms with Crippen molar-refractivity contribution in [3.63, 3.8) is 0 Å². The molecule has 0 bridgehead atoms. The Morgan fingerprint density at radius 1 is 1.29 bits per heavy atom. The van der Waals surface area contributed by atoms with Gasteiger partial charge in [0.15, 0.2) is 4.32 Å². The summed E-state index contributed by atoms with van der Waals surface area (Å²) in [7, 11) is 1.61. The van der Waals surface area contributed by atoms with Crippen LogP contribution in [0.3, 0.4) is 0 Å². The van der Waals surface area contributed by atoms with Crippen LogP contribution in [0.2, 0.25) is 0 Å². The van der Waals surface area contributed by atoms with Gasteiger partial charge in [0.25, 0.3) is 5.91 Å². The lowest BCUT2D eigenvalue weighted by Gasteiger charge is -2.14. The quantitative estimate of drug-likeness (QED) is 0.364. The van der Waals surface area contributed by atoms with Gasteiger partial charge in [0.2, 0.25) is 0 Å². The van der Waals surface area contributed by atoms with E-state index in [-0.39, 0.29) is 5.91 Å². The number of hydrogen-bond acceptors (Lipinski definition) is 4. The number of rotatable bonds is 3. The van der Waals surface area contributed by atoms with Crippen LogP contribution >= 0.6 is 46.6 Å². The smallest absolute Gasteiger partial charge is 0.270 e. The van der Waals surface area contributed by atoms with E-state index in [0.29, 0.717) is 14.9 Å². The highest BCUT2D eigenvalue weighted by Crippen LogP contribution is 2.36. The van der Waals surface area contributed by atoms with Crippen LogP contribution in [0, 0.1) is 9.39 Å². The number of ether oxygens (including phenoxy) is 1. The monoisotopic (exact) mass is 471 g/mol. The standard InChI is InChI=1S/C17H11FINO2S2/c1-22-14-6-5-10(7-13(14)19)8-15-16(21)20(17(23)24-15)12-4-2-3-11(18)9-12/h2-9H,1H3/b15-8+. The lowest BCUT2D eigenvalue weighted by Crippen LogP contribution is -2.27. The molecule has 0 N–H and O–H groups in total. The molecule has 1 fully saturated rings. The Hall–Kier alpha value is -1.45. The predicted molar refractivity (Wildman–Crippen MR) is 108 cm³/mol. The maximum absolute atomic E-state index is 13.4. The molecule has 122 valence electrons. The van der Waals surface area contributed by atoms with Crippen molar-refractivity contribution >= 4 is 68.6 Å². The molecule has 3 rings (SSSR count). The number of hydrogen-bond donors (Lipinski definition) is 0. The minimum absolute atomic E-state index is 0.249. The van der Waals surface area contributed by atoms with E-state index in [4.69, 9.17) is 17.0 Å². The molecular weight excluding hydrogens is 460 g/mol. The molecule has 1 amide bonds. The lowest BCUT2D eigenvalue weighted by atomic mass is 10.2. The number of methoxy groups -OCH3 is 1. The molecule has 0 aliphatic carbocycles. The third-order valence-corrected chi connectivity index (χ3v) is 5.48. The molecule has 0 saturated carbocycles. The van der Waals surface area contributed by atoms with E-state index < -0.39 is 5.82 Å². The number of nitrogens with zero attached hydrogens (tertiary/aromatic N) is 1. The Bertz CT molecular complexity index is 869. The SMILES string of the molecule is COc1ccc(/C=C2/SC(=S)N(c3cccc(F)c3)C2=O)cc1I. The number of carbonyl (C=O) groups excluding carboxylic acids is 1. The number of halogens is 2. The molecule has 0 atom stereocenters. The van der Waals surface area contributed by atoms with Crippen molar-refractivity contribution < 1.29 is 13.9 Å². The Balaban J connectivity index is 1.92. The molecule has 0 radical (unpaired) electrons. The fourth-order valence-electron chi connectivity index (χ4n) is 2.23. The van der Waals surface area contributed by atoms with E-state index in [1.54, 1.807) is 25.3 Å². The van der Waals surface area contributed by atoms with Gasteiger partial charge >= 0.3 is 0 Å². The highest BCUT2D eigenvalue weighted by Gasteiger charge is 2.33. The average Bonchev–Trinajstić information content (AvgIpc) is 2.81. The van der Waals surface area contributed by atoms with Crippen LogP contribution in [-0.2, 0) is 4.79 Å². The van der Waals surface area contributed by atoms with Crippen molar-refractivity contribution in [1.29, 1.82) is 0 Å². The predicted octanol–water partition coefficient (Wildman–Crippen LogP) is 4.84. The van der Waals surface area contributed by atoms with Crippen molar-refractivity contribution in [1.82, 2.24) is 0 Å². The molecule has 24 heavy (non-hydrogen) atoms. The van der Waals surface area contributed by atoms with Crippen LogP contribution in [0.4, 0.5) is 10.1 Å². The summed E-state index contributed by atoms with van der Waals surface area (Å²) in [6.45, 7) is 0. The van der Waals surface area contributed by atoms with Crippen molar-refractivity contribution in [2.75, 3.05) is 12.0 Å². The summed E-state index contributed by atoms with van der Waals surface area (Å²) < 4.78 is 20.0. The molecule has 1 aliphatic heterocycles. The number of thiocarbonyl (C=S) groups is 1. The van der Waals surface area contributed by atoms with Gasteiger partial charge in [-0.05, 0) is 64.6 Å². The highest BCUT2D eigenvalue weighted by atomic mass is 127. The maximum atomic E-state index is 13.4. The van der Waals surface area contributed by atoms with Crippen molar-refractivity contribution in [3.8, 4) is 5.75 Å². The lowest BCUT2D eigenvalue weighted by molar-refractivity contribution is -0.113. The second-order valence-electron chi connectivity index (χ2n) is 4.89. The van der Waals surface area contributed by atoms with E-state index >= 15 is 0 Å². The summed E-state index contributed by atoms with van der Waals surface area (Å²) in [5.74, 6) is 0.122. The number of carbonyl (C=O) groups is 1. The largest absolute Gasteiger partial charge is 0.496 e. The van der Waals surface area contributed by atoms with Gasteiger partial charge in [-0.3, -0.25) is 9.69 Å². The van der Waals surface area contributed by atoms with Gasteiger partial charge in [0, 0.05) is 0 Å². The molecule has 2 aromatic carbocycles. The molecule has 1 heterocycles. The van der Waals surface area contributed by atoms with E-state index in [9.17, 15) is 9.18 Å². The van der Waals surface area contributed by atoms with E-state index in [0.717, 1.165) is 14.9 Å². The molecule has 0 spiro atoms. The van der Waals surface area contributed by atoms with Gasteiger partial charge in [-0.1, -0.05) is 36.1 Å². The zero-order valence-electron chi connectivity index (χ0n) is 12.5. The second-order valence-corrected chi connectivity index (χ2v) is 7.73. The molecule has 7 heteroatoms. The van der Waals surface area contributed by atoms with Gasteiger partial charge in [-0.2, -0.15) is 0 Å². The highest BCUT2D eigenvalue weighted by molar-refractivity contribution is 14.1. The Morgan fingerprint density at radius 2 is 2.08 bits per heavy atom. The third-order valence-electron chi connectivity index (χ3n) is 3.33. The van der Waals surface area contributed by atoms with Gasteiger partial charge in [-0.25, -0.2) is 4.39 Å². The molecule has 2 aromatic rings. The summed E-state index contributed by atoms with van der Waals surface area (Å²) in [6.07, 6.45) is 1.78. The van der Waals surface area contributed by atoms with Crippen LogP contribution in [0.5, 0.6) is 5.75 Å². The van der Waals surface area contributed by atoms with Crippen LogP contribution in [-0.4, -0.2) is 17.3 Å². The average molecular weight is 471 g/mol. The number of thioether (sulfide) groups is 1. The number of amides is 1. The fourth-order valence-corrected chi connectivity index (χ4v) is 4.29. The normalized spacial score (nSPS) is 16.1. The first-order valence-electron chi connectivity index (χ1n) is 6.86. The first-order valence-corrected chi connectivity index (χ1v) is 9.17. The Morgan fingerprint density at radius 3 is 2.75 bits per heavy atom. The summed E-state index contributed by atoms with van der Waals surface area (Å²) in [4.78, 5) is 14.5. The minimum atomic E-state index is -0.407. The van der Waals surface area contributed by atoms with Crippen molar-refractivity contribution in [2.24, 2.45) is 0 Å². The van der Waals surface area contributed by atoms with Crippen molar-refractivity contribution in [2.45, 2.75) is 0 Å². The van der Waals surface area contributed by atoms with E-state index in [2.05, 4.69) is 22.6 Å². The number of benzene rings is 2. The van der Waals surface area contributed by atoms with Crippen LogP contribution in [0.25, 0.3) is 6.08 Å². The summed E-state index contributed by atoms with van der Waals surface area (Å²) in [5.41, 5.74) is 1.31. The second kappa shape index (κ2) is 7.20. The van der Waals surface area contributed by atoms with Gasteiger partial charge in [-0.15, -0.1) is 0 Å². The summed E-state index contributed by atoms with van der Waals surface area (Å²) in [5, 5.41) is 0. The Labute approximate surface area is 162 Å². The minimum Gasteiger partial charge on any atom is -0.496 e. The van der Waals surface area contributed by atoms with Crippen LogP contribution in [0.1, 0.15) is 5.56 Å². The van der Waals surface area contributed by atoms with Gasteiger partial charge in [0.1, 0.15) is 11.6 Å². The third kappa shape index (κ3) is 3.47. The first-order chi connectivity index (χ1) is 11.5.